The normalized spacial score (nSPS) is 12.5. The number of aliphatic carboxylic acids is 3. The summed E-state index contributed by atoms with van der Waals surface area (Å²) in [6.45, 7) is 15.1. The highest BCUT2D eigenvalue weighted by Crippen LogP contribution is 2.07. The van der Waals surface area contributed by atoms with Crippen LogP contribution in [-0.2, 0) is 38.4 Å². The molecule has 0 fully saturated rings. The molecular formula is C35H68N8O11. The van der Waals surface area contributed by atoms with Gasteiger partial charge < -0.3 is 58.7 Å². The number of carboxylic acids is 3. The van der Waals surface area contributed by atoms with E-state index in [1.165, 1.54) is 12.8 Å². The molecule has 0 aromatic carbocycles. The minimum absolute atomic E-state index is 0.0355. The second kappa shape index (κ2) is 30.0. The summed E-state index contributed by atoms with van der Waals surface area (Å²) in [5, 5.41) is 41.4. The van der Waals surface area contributed by atoms with Crippen LogP contribution in [0.1, 0.15) is 120 Å². The third-order valence-electron chi connectivity index (χ3n) is 6.74. The lowest BCUT2D eigenvalue weighted by molar-refractivity contribution is -0.139. The van der Waals surface area contributed by atoms with Gasteiger partial charge in [0.05, 0.1) is 13.1 Å². The Hall–Kier alpha value is -4.36. The molecule has 314 valence electrons. The number of carboxylic acid groups (broad SMARTS) is 3. The molecule has 0 aliphatic carbocycles. The van der Waals surface area contributed by atoms with Crippen LogP contribution < -0.4 is 43.4 Å². The maximum Gasteiger partial charge on any atom is 0.303 e. The quantitative estimate of drug-likeness (QED) is 0.0606. The molecule has 13 N–H and O–H groups in total. The molecule has 0 aliphatic rings. The van der Waals surface area contributed by atoms with E-state index in [4.69, 9.17) is 26.8 Å². The minimum atomic E-state index is -1.41. The zero-order chi connectivity index (χ0) is 42.5. The highest BCUT2D eigenvalue weighted by Gasteiger charge is 2.30. The fourth-order valence-electron chi connectivity index (χ4n) is 3.89. The van der Waals surface area contributed by atoms with Crippen molar-refractivity contribution in [2.45, 2.75) is 149 Å². The van der Waals surface area contributed by atoms with E-state index in [0.29, 0.717) is 19.4 Å². The first-order valence-electron chi connectivity index (χ1n) is 18.2. The van der Waals surface area contributed by atoms with E-state index in [1.807, 2.05) is 20.8 Å². The third kappa shape index (κ3) is 34.7. The van der Waals surface area contributed by atoms with Gasteiger partial charge in [0.2, 0.25) is 29.5 Å². The molecule has 0 radical (unpaired) electrons. The second-order valence-corrected chi connectivity index (χ2v) is 14.4. The van der Waals surface area contributed by atoms with Crippen molar-refractivity contribution >= 4 is 47.4 Å². The van der Waals surface area contributed by atoms with Gasteiger partial charge in [-0.1, -0.05) is 20.3 Å². The number of hydrogen-bond donors (Lipinski definition) is 11. The Labute approximate surface area is 319 Å². The molecular weight excluding hydrogens is 708 g/mol. The summed E-state index contributed by atoms with van der Waals surface area (Å²) in [7, 11) is 0. The van der Waals surface area contributed by atoms with Crippen molar-refractivity contribution in [3.63, 3.8) is 0 Å². The van der Waals surface area contributed by atoms with E-state index in [-0.39, 0.29) is 37.8 Å². The summed E-state index contributed by atoms with van der Waals surface area (Å²) in [5.41, 5.74) is 9.65. The Morgan fingerprint density at radius 1 is 0.556 bits per heavy atom. The Bertz CT molecular complexity index is 1170. The van der Waals surface area contributed by atoms with Crippen LogP contribution in [-0.4, -0.2) is 118 Å². The summed E-state index contributed by atoms with van der Waals surface area (Å²) in [5.74, 6) is -6.61. The van der Waals surface area contributed by atoms with Crippen LogP contribution in [0.3, 0.4) is 0 Å². The summed E-state index contributed by atoms with van der Waals surface area (Å²) >= 11 is 0. The van der Waals surface area contributed by atoms with E-state index in [1.54, 1.807) is 27.7 Å². The summed E-state index contributed by atoms with van der Waals surface area (Å²) in [6, 6.07) is -3.63. The SMILES string of the molecule is CC(C)(C)NCC(=O)NC(CCCCN)C(=O)NCC(=O)NC(CCC(=O)O)C(=O)N[C@@H](CCC(=O)O)C(=O)NC(C)(C)C.CCC(=O)O.CCCCN. The topological polar surface area (TPSA) is 321 Å². The molecule has 0 aliphatic heterocycles. The van der Waals surface area contributed by atoms with Crippen molar-refractivity contribution in [1.82, 2.24) is 31.9 Å². The third-order valence-corrected chi connectivity index (χ3v) is 6.74. The van der Waals surface area contributed by atoms with Crippen LogP contribution in [0.2, 0.25) is 0 Å². The van der Waals surface area contributed by atoms with E-state index in [0.717, 1.165) is 6.54 Å². The molecule has 0 aromatic heterocycles. The van der Waals surface area contributed by atoms with Crippen LogP contribution in [0.25, 0.3) is 0 Å². The molecule has 0 rings (SSSR count). The Morgan fingerprint density at radius 3 is 1.37 bits per heavy atom. The molecule has 0 spiro atoms. The number of rotatable bonds is 23. The van der Waals surface area contributed by atoms with E-state index in [9.17, 15) is 38.4 Å². The first-order chi connectivity index (χ1) is 24.9. The molecule has 0 saturated carbocycles. The van der Waals surface area contributed by atoms with Gasteiger partial charge in [-0.3, -0.25) is 38.4 Å². The van der Waals surface area contributed by atoms with Gasteiger partial charge in [0.1, 0.15) is 18.1 Å². The minimum Gasteiger partial charge on any atom is -0.481 e. The largest absolute Gasteiger partial charge is 0.481 e. The number of unbranched alkanes of at least 4 members (excludes halogenated alkanes) is 2. The smallest absolute Gasteiger partial charge is 0.303 e. The zero-order valence-corrected chi connectivity index (χ0v) is 33.4. The molecule has 19 nitrogen and oxygen atoms in total. The van der Waals surface area contributed by atoms with Gasteiger partial charge in [-0.15, -0.1) is 0 Å². The van der Waals surface area contributed by atoms with E-state index in [2.05, 4.69) is 38.8 Å². The average molecular weight is 777 g/mol. The number of nitrogens with one attached hydrogen (secondary N) is 6. The second-order valence-electron chi connectivity index (χ2n) is 14.4. The maximum atomic E-state index is 13.1. The number of carbonyl (C=O) groups is 8. The first-order valence-corrected chi connectivity index (χ1v) is 18.2. The van der Waals surface area contributed by atoms with Gasteiger partial charge in [0.15, 0.2) is 0 Å². The zero-order valence-electron chi connectivity index (χ0n) is 33.4. The summed E-state index contributed by atoms with van der Waals surface area (Å²) < 4.78 is 0. The lowest BCUT2D eigenvalue weighted by atomic mass is 10.0. The highest BCUT2D eigenvalue weighted by molar-refractivity contribution is 5.94. The predicted molar refractivity (Wildman–Crippen MR) is 203 cm³/mol. The van der Waals surface area contributed by atoms with Crippen molar-refractivity contribution in [3.05, 3.63) is 0 Å². The van der Waals surface area contributed by atoms with Crippen LogP contribution in [0.5, 0.6) is 0 Å². The molecule has 0 heterocycles. The molecule has 0 bridgehead atoms. The Kier molecular flexibility index (Phi) is 30.0. The van der Waals surface area contributed by atoms with Crippen LogP contribution >= 0.6 is 0 Å². The molecule has 19 heteroatoms. The monoisotopic (exact) mass is 777 g/mol. The van der Waals surface area contributed by atoms with Gasteiger partial charge in [-0.05, 0) is 93.2 Å². The lowest BCUT2D eigenvalue weighted by Gasteiger charge is -2.27. The van der Waals surface area contributed by atoms with Gasteiger partial charge >= 0.3 is 17.9 Å². The first kappa shape index (κ1) is 54.0. The van der Waals surface area contributed by atoms with E-state index >= 15 is 0 Å². The number of hydrogen-bond acceptors (Lipinski definition) is 11. The van der Waals surface area contributed by atoms with Crippen LogP contribution in [0, 0.1) is 0 Å². The molecule has 5 amide bonds. The molecule has 2 unspecified atom stereocenters. The van der Waals surface area contributed by atoms with Gasteiger partial charge in [-0.25, -0.2) is 0 Å². The van der Waals surface area contributed by atoms with Crippen molar-refractivity contribution < 1.29 is 53.7 Å². The number of carbonyl (C=O) groups excluding carboxylic acids is 5. The molecule has 0 aromatic rings. The van der Waals surface area contributed by atoms with Crippen LogP contribution in [0.15, 0.2) is 0 Å². The Morgan fingerprint density at radius 2 is 1.00 bits per heavy atom. The maximum absolute atomic E-state index is 13.1. The molecule has 0 saturated heterocycles. The van der Waals surface area contributed by atoms with Crippen molar-refractivity contribution in [1.29, 1.82) is 0 Å². The highest BCUT2D eigenvalue weighted by atomic mass is 16.4. The van der Waals surface area contributed by atoms with Gasteiger partial charge in [0, 0.05) is 30.3 Å². The van der Waals surface area contributed by atoms with Gasteiger partial charge in [-0.2, -0.15) is 0 Å². The standard InChI is InChI=1S/C28H51N7O9.C4H11N.C3H6O2/c1-27(2,3)31-16-21(37)32-17(9-7-8-14-29)24(42)30-15-20(36)33-18(10-12-22(38)39)25(43)34-19(11-13-23(40)41)26(44)35-28(4,5)6;1-2-3-4-5;1-2-3(4)5/h17-19,31H,7-16,29H2,1-6H3,(H,30,42)(H,32,37)(H,33,36)(H,34,43)(H,35,44)(H,38,39)(H,40,41);2-5H2,1H3;2H2,1H3,(H,4,5)/t17?,18?,19-;;/m0../s1. The fourth-order valence-corrected chi connectivity index (χ4v) is 3.89. The summed E-state index contributed by atoms with van der Waals surface area (Å²) in [4.78, 5) is 95.5. The molecule has 54 heavy (non-hydrogen) atoms. The number of amides is 5. The fraction of sp³-hybridized carbons (Fsp3) is 0.771. The predicted octanol–water partition coefficient (Wildman–Crippen LogP) is -0.0554. The van der Waals surface area contributed by atoms with Crippen molar-refractivity contribution in [3.8, 4) is 0 Å². The lowest BCUT2D eigenvalue weighted by Crippen LogP contribution is -2.57. The average Bonchev–Trinajstić information content (AvgIpc) is 3.05. The Balaban J connectivity index is -0.00000228. The van der Waals surface area contributed by atoms with Crippen LogP contribution in [0.4, 0.5) is 0 Å². The summed E-state index contributed by atoms with van der Waals surface area (Å²) in [6.07, 6.45) is 2.50. The van der Waals surface area contributed by atoms with Crippen molar-refractivity contribution in [2.24, 2.45) is 11.5 Å². The van der Waals surface area contributed by atoms with Crippen molar-refractivity contribution in [2.75, 3.05) is 26.2 Å². The van der Waals surface area contributed by atoms with E-state index < -0.39 is 90.5 Å². The molecule has 3 atom stereocenters. The number of nitrogens with two attached hydrogens (primary N) is 2. The van der Waals surface area contributed by atoms with Gasteiger partial charge in [0.25, 0.3) is 0 Å².